The number of rotatable bonds is 7. The van der Waals surface area contributed by atoms with Crippen molar-refractivity contribution in [2.24, 2.45) is 0 Å². The van der Waals surface area contributed by atoms with Gasteiger partial charge in [0.1, 0.15) is 10.8 Å². The molecule has 2 amide bonds. The van der Waals surface area contributed by atoms with E-state index in [0.717, 1.165) is 27.6 Å². The molecule has 0 aliphatic heterocycles. The average molecular weight is 397 g/mol. The molecule has 0 radical (unpaired) electrons. The topological polar surface area (TPSA) is 66.5 Å². The van der Waals surface area contributed by atoms with E-state index >= 15 is 0 Å². The number of hydrogen-bond acceptors (Lipinski definition) is 5. The summed E-state index contributed by atoms with van der Waals surface area (Å²) in [4.78, 5) is 18.7. The molecule has 0 aliphatic carbocycles. The fraction of sp³-hybridized carbons (Fsp3) is 0.238. The lowest BCUT2D eigenvalue weighted by Gasteiger charge is -2.26. The van der Waals surface area contributed by atoms with Crippen molar-refractivity contribution in [2.45, 2.75) is 6.04 Å². The van der Waals surface area contributed by atoms with Gasteiger partial charge in [0.15, 0.2) is 0 Å². The van der Waals surface area contributed by atoms with Gasteiger partial charge in [-0.25, -0.2) is 9.78 Å². The third-order valence-corrected chi connectivity index (χ3v) is 5.22. The van der Waals surface area contributed by atoms with Crippen LogP contribution in [0.3, 0.4) is 0 Å². The molecular formula is C21H24N4O2S. The van der Waals surface area contributed by atoms with E-state index in [9.17, 15) is 4.79 Å². The number of nitrogens with one attached hydrogen (secondary N) is 2. The third kappa shape index (κ3) is 4.88. The number of nitrogens with zero attached hydrogens (tertiary/aromatic N) is 2. The highest BCUT2D eigenvalue weighted by atomic mass is 32.1. The fourth-order valence-electron chi connectivity index (χ4n) is 2.94. The van der Waals surface area contributed by atoms with Crippen molar-refractivity contribution in [3.8, 4) is 16.3 Å². The summed E-state index contributed by atoms with van der Waals surface area (Å²) >= 11 is 1.58. The van der Waals surface area contributed by atoms with E-state index < -0.39 is 0 Å². The fourth-order valence-corrected chi connectivity index (χ4v) is 3.58. The zero-order valence-corrected chi connectivity index (χ0v) is 17.0. The van der Waals surface area contributed by atoms with Crippen molar-refractivity contribution >= 4 is 23.1 Å². The van der Waals surface area contributed by atoms with Crippen LogP contribution in [0.2, 0.25) is 0 Å². The Hall–Kier alpha value is -2.90. The van der Waals surface area contributed by atoms with Crippen molar-refractivity contribution in [3.63, 3.8) is 0 Å². The van der Waals surface area contributed by atoms with Gasteiger partial charge < -0.3 is 20.3 Å². The van der Waals surface area contributed by atoms with Crippen molar-refractivity contribution in [3.05, 3.63) is 65.7 Å². The number of carbonyl (C=O) groups excluding carboxylic acids is 1. The number of benzene rings is 2. The summed E-state index contributed by atoms with van der Waals surface area (Å²) in [6.45, 7) is 0.455. The molecule has 28 heavy (non-hydrogen) atoms. The number of anilines is 1. The van der Waals surface area contributed by atoms with Crippen molar-refractivity contribution < 1.29 is 9.53 Å². The second kappa shape index (κ2) is 9.34. The number of likely N-dealkylation sites (N-methyl/N-ethyl adjacent to an activating group) is 1. The lowest BCUT2D eigenvalue weighted by molar-refractivity contribution is 0.242. The Labute approximate surface area is 169 Å². The number of amides is 2. The normalized spacial score (nSPS) is 11.9. The highest BCUT2D eigenvalue weighted by molar-refractivity contribution is 7.13. The molecule has 3 rings (SSSR count). The minimum Gasteiger partial charge on any atom is -0.496 e. The average Bonchev–Trinajstić information content (AvgIpc) is 3.23. The van der Waals surface area contributed by atoms with E-state index in [0.29, 0.717) is 6.54 Å². The van der Waals surface area contributed by atoms with Crippen LogP contribution in [0.15, 0.2) is 60.1 Å². The Kier molecular flexibility index (Phi) is 6.62. The van der Waals surface area contributed by atoms with Gasteiger partial charge >= 0.3 is 6.03 Å². The minimum absolute atomic E-state index is 0.00539. The maximum absolute atomic E-state index is 12.4. The lowest BCUT2D eigenvalue weighted by atomic mass is 10.0. The first-order valence-corrected chi connectivity index (χ1v) is 9.80. The van der Waals surface area contributed by atoms with Crippen LogP contribution in [-0.2, 0) is 0 Å². The Balaban J connectivity index is 1.60. The molecule has 1 heterocycles. The predicted molar refractivity (Wildman–Crippen MR) is 114 cm³/mol. The highest BCUT2D eigenvalue weighted by Gasteiger charge is 2.19. The first-order valence-electron chi connectivity index (χ1n) is 8.92. The van der Waals surface area contributed by atoms with Crippen LogP contribution in [0.5, 0.6) is 5.75 Å². The van der Waals surface area contributed by atoms with Gasteiger partial charge in [0, 0.05) is 34.9 Å². The maximum atomic E-state index is 12.4. The van der Waals surface area contributed by atoms with Crippen LogP contribution in [0.4, 0.5) is 10.5 Å². The SMILES string of the molecule is COc1ccccc1C(CNC(=O)Nc1ccc(-c2nccs2)cc1)N(C)C. The number of urea groups is 1. The summed E-state index contributed by atoms with van der Waals surface area (Å²) in [5, 5.41) is 8.72. The molecule has 3 aromatic rings. The summed E-state index contributed by atoms with van der Waals surface area (Å²) in [7, 11) is 5.61. The van der Waals surface area contributed by atoms with E-state index in [-0.39, 0.29) is 12.1 Å². The third-order valence-electron chi connectivity index (χ3n) is 4.40. The number of ether oxygens (including phenoxy) is 1. The molecule has 146 valence electrons. The Morgan fingerprint density at radius 1 is 1.18 bits per heavy atom. The van der Waals surface area contributed by atoms with Crippen molar-refractivity contribution in [1.29, 1.82) is 0 Å². The molecule has 7 heteroatoms. The molecule has 6 nitrogen and oxygen atoms in total. The Morgan fingerprint density at radius 3 is 2.57 bits per heavy atom. The van der Waals surface area contributed by atoms with Gasteiger partial charge in [0.05, 0.1) is 13.2 Å². The van der Waals surface area contributed by atoms with Gasteiger partial charge in [0.2, 0.25) is 0 Å². The Morgan fingerprint density at radius 2 is 1.93 bits per heavy atom. The van der Waals surface area contributed by atoms with Gasteiger partial charge in [-0.2, -0.15) is 0 Å². The first-order chi connectivity index (χ1) is 13.6. The smallest absolute Gasteiger partial charge is 0.319 e. The number of thiazole rings is 1. The van der Waals surface area contributed by atoms with Crippen LogP contribution in [-0.4, -0.2) is 43.7 Å². The second-order valence-electron chi connectivity index (χ2n) is 6.47. The predicted octanol–water partition coefficient (Wildman–Crippen LogP) is 4.24. The van der Waals surface area contributed by atoms with E-state index in [1.807, 2.05) is 68.0 Å². The number of carbonyl (C=O) groups is 1. The summed E-state index contributed by atoms with van der Waals surface area (Å²) in [6, 6.07) is 15.2. The number of para-hydroxylation sites is 1. The van der Waals surface area contributed by atoms with Crippen LogP contribution in [0, 0.1) is 0 Å². The van der Waals surface area contributed by atoms with E-state index in [4.69, 9.17) is 4.74 Å². The molecule has 0 saturated carbocycles. The van der Waals surface area contributed by atoms with Crippen LogP contribution >= 0.6 is 11.3 Å². The van der Waals surface area contributed by atoms with Gasteiger partial charge in [-0.05, 0) is 44.4 Å². The molecule has 0 fully saturated rings. The molecule has 1 aromatic heterocycles. The largest absolute Gasteiger partial charge is 0.496 e. The van der Waals surface area contributed by atoms with Crippen LogP contribution in [0.1, 0.15) is 11.6 Å². The summed E-state index contributed by atoms with van der Waals surface area (Å²) < 4.78 is 5.46. The van der Waals surface area contributed by atoms with Crippen molar-refractivity contribution in [2.75, 3.05) is 33.1 Å². The number of aromatic nitrogens is 1. The highest BCUT2D eigenvalue weighted by Crippen LogP contribution is 2.27. The molecule has 1 unspecified atom stereocenters. The van der Waals surface area contributed by atoms with Gasteiger partial charge in [-0.15, -0.1) is 11.3 Å². The van der Waals surface area contributed by atoms with E-state index in [1.165, 1.54) is 0 Å². The summed E-state index contributed by atoms with van der Waals surface area (Å²) in [6.07, 6.45) is 1.78. The zero-order chi connectivity index (χ0) is 19.9. The van der Waals surface area contributed by atoms with Gasteiger partial charge in [-0.1, -0.05) is 18.2 Å². The second-order valence-corrected chi connectivity index (χ2v) is 7.37. The maximum Gasteiger partial charge on any atom is 0.319 e. The summed E-state index contributed by atoms with van der Waals surface area (Å²) in [5.74, 6) is 0.807. The molecule has 1 atom stereocenters. The molecule has 0 bridgehead atoms. The monoisotopic (exact) mass is 396 g/mol. The zero-order valence-electron chi connectivity index (χ0n) is 16.2. The molecule has 0 saturated heterocycles. The first kappa shape index (κ1) is 19.9. The molecule has 0 spiro atoms. The van der Waals surface area contributed by atoms with Gasteiger partial charge in [-0.3, -0.25) is 0 Å². The quantitative estimate of drug-likeness (QED) is 0.627. The number of methoxy groups -OCH3 is 1. The Bertz CT molecular complexity index is 895. The molecule has 2 N–H and O–H groups in total. The van der Waals surface area contributed by atoms with Crippen LogP contribution < -0.4 is 15.4 Å². The molecular weight excluding hydrogens is 372 g/mol. The van der Waals surface area contributed by atoms with Gasteiger partial charge in [0.25, 0.3) is 0 Å². The molecule has 0 aliphatic rings. The number of hydrogen-bond donors (Lipinski definition) is 2. The minimum atomic E-state index is -0.247. The lowest BCUT2D eigenvalue weighted by Crippen LogP contribution is -2.37. The van der Waals surface area contributed by atoms with Crippen molar-refractivity contribution in [1.82, 2.24) is 15.2 Å². The summed E-state index contributed by atoms with van der Waals surface area (Å²) in [5.41, 5.74) is 2.80. The standard InChI is InChI=1S/C21H24N4O2S/c1-25(2)18(17-6-4-5-7-19(17)27-3)14-23-21(26)24-16-10-8-15(9-11-16)20-22-12-13-28-20/h4-13,18H,14H2,1-3H3,(H2,23,24,26). The molecule has 2 aromatic carbocycles. The van der Waals surface area contributed by atoms with E-state index in [1.54, 1.807) is 24.6 Å². The van der Waals surface area contributed by atoms with E-state index in [2.05, 4.69) is 20.5 Å². The van der Waals surface area contributed by atoms with Crippen LogP contribution in [0.25, 0.3) is 10.6 Å².